The number of carbonyl (C=O) groups excluding carboxylic acids is 1. The van der Waals surface area contributed by atoms with Gasteiger partial charge in [0.2, 0.25) is 6.79 Å². The molecule has 0 N–H and O–H groups in total. The standard InChI is InChI=1S/C13H18O5S/c1-11(2)8-13(14)17-10-18-19(15,16)9-12-6-4-3-5-7-12/h3-7,11H,8-10H2,1-2H3. The molecule has 0 spiro atoms. The van der Waals surface area contributed by atoms with Crippen LogP contribution in [0.5, 0.6) is 0 Å². The third-order valence-electron chi connectivity index (χ3n) is 2.21. The molecule has 19 heavy (non-hydrogen) atoms. The third kappa shape index (κ3) is 6.93. The molecule has 1 rings (SSSR count). The van der Waals surface area contributed by atoms with Crippen molar-refractivity contribution in [3.63, 3.8) is 0 Å². The van der Waals surface area contributed by atoms with Crippen molar-refractivity contribution in [2.24, 2.45) is 5.92 Å². The van der Waals surface area contributed by atoms with Gasteiger partial charge in [0, 0.05) is 6.42 Å². The number of hydrogen-bond donors (Lipinski definition) is 0. The van der Waals surface area contributed by atoms with Crippen molar-refractivity contribution in [1.29, 1.82) is 0 Å². The summed E-state index contributed by atoms with van der Waals surface area (Å²) in [5.41, 5.74) is 0.621. The van der Waals surface area contributed by atoms with Crippen LogP contribution in [0.4, 0.5) is 0 Å². The summed E-state index contributed by atoms with van der Waals surface area (Å²) < 4.78 is 32.5. The Morgan fingerprint density at radius 2 is 1.84 bits per heavy atom. The molecule has 0 aromatic heterocycles. The maximum absolute atomic E-state index is 11.6. The Bertz CT molecular complexity index is 493. The fourth-order valence-electron chi connectivity index (χ4n) is 1.38. The van der Waals surface area contributed by atoms with Crippen LogP contribution in [-0.4, -0.2) is 21.2 Å². The zero-order valence-corrected chi connectivity index (χ0v) is 11.9. The second-order valence-electron chi connectivity index (χ2n) is 4.54. The fourth-order valence-corrected chi connectivity index (χ4v) is 2.25. The Hall–Kier alpha value is -1.40. The molecule has 0 radical (unpaired) electrons. The number of rotatable bonds is 7. The highest BCUT2D eigenvalue weighted by Crippen LogP contribution is 2.08. The minimum absolute atomic E-state index is 0.161. The van der Waals surface area contributed by atoms with Crippen molar-refractivity contribution in [3.8, 4) is 0 Å². The molecule has 0 aliphatic carbocycles. The molecular weight excluding hydrogens is 268 g/mol. The topological polar surface area (TPSA) is 69.7 Å². The second-order valence-corrected chi connectivity index (χ2v) is 6.18. The largest absolute Gasteiger partial charge is 0.437 e. The van der Waals surface area contributed by atoms with Gasteiger partial charge in [-0.1, -0.05) is 44.2 Å². The zero-order chi connectivity index (χ0) is 14.3. The van der Waals surface area contributed by atoms with E-state index in [1.165, 1.54) is 0 Å². The van der Waals surface area contributed by atoms with E-state index in [1.807, 2.05) is 13.8 Å². The summed E-state index contributed by atoms with van der Waals surface area (Å²) in [4.78, 5) is 11.2. The Morgan fingerprint density at radius 3 is 2.42 bits per heavy atom. The molecule has 0 aliphatic rings. The maximum Gasteiger partial charge on any atom is 0.308 e. The summed E-state index contributed by atoms with van der Waals surface area (Å²) in [7, 11) is -3.74. The minimum atomic E-state index is -3.74. The molecule has 5 nitrogen and oxygen atoms in total. The van der Waals surface area contributed by atoms with Gasteiger partial charge in [-0.3, -0.25) is 4.79 Å². The van der Waals surface area contributed by atoms with Crippen LogP contribution in [0, 0.1) is 5.92 Å². The molecule has 0 heterocycles. The van der Waals surface area contributed by atoms with E-state index in [1.54, 1.807) is 30.3 Å². The van der Waals surface area contributed by atoms with Gasteiger partial charge in [0.05, 0.1) is 0 Å². The normalized spacial score (nSPS) is 11.5. The molecule has 0 aliphatic heterocycles. The van der Waals surface area contributed by atoms with Crippen LogP contribution in [0.1, 0.15) is 25.8 Å². The number of carbonyl (C=O) groups is 1. The summed E-state index contributed by atoms with van der Waals surface area (Å²) in [5, 5.41) is 0. The van der Waals surface area contributed by atoms with Crippen LogP contribution in [0.2, 0.25) is 0 Å². The molecule has 0 atom stereocenters. The number of hydrogen-bond acceptors (Lipinski definition) is 5. The Balaban J connectivity index is 2.38. The predicted octanol–water partition coefficient (Wildman–Crippen LogP) is 2.08. The average Bonchev–Trinajstić information content (AvgIpc) is 2.28. The van der Waals surface area contributed by atoms with Crippen LogP contribution >= 0.6 is 0 Å². The second kappa shape index (κ2) is 7.25. The van der Waals surface area contributed by atoms with Gasteiger partial charge < -0.3 is 4.74 Å². The van der Waals surface area contributed by atoms with Crippen molar-refractivity contribution in [2.75, 3.05) is 6.79 Å². The van der Waals surface area contributed by atoms with E-state index in [0.717, 1.165) is 0 Å². The van der Waals surface area contributed by atoms with Crippen molar-refractivity contribution < 1.29 is 22.1 Å². The summed E-state index contributed by atoms with van der Waals surface area (Å²) in [6.07, 6.45) is 0.238. The molecule has 0 unspecified atom stereocenters. The van der Waals surface area contributed by atoms with E-state index in [0.29, 0.717) is 5.56 Å². The minimum Gasteiger partial charge on any atom is -0.437 e. The lowest BCUT2D eigenvalue weighted by Crippen LogP contribution is -2.15. The van der Waals surface area contributed by atoms with E-state index in [2.05, 4.69) is 8.92 Å². The van der Waals surface area contributed by atoms with Crippen molar-refractivity contribution in [2.45, 2.75) is 26.0 Å². The monoisotopic (exact) mass is 286 g/mol. The van der Waals surface area contributed by atoms with Gasteiger partial charge in [0.1, 0.15) is 5.75 Å². The first kappa shape index (κ1) is 15.7. The Morgan fingerprint density at radius 1 is 1.21 bits per heavy atom. The van der Waals surface area contributed by atoms with E-state index >= 15 is 0 Å². The molecule has 0 saturated carbocycles. The molecule has 0 fully saturated rings. The summed E-state index contributed by atoms with van der Waals surface area (Å²) in [6, 6.07) is 8.66. The smallest absolute Gasteiger partial charge is 0.308 e. The lowest BCUT2D eigenvalue weighted by molar-refractivity contribution is -0.150. The molecule has 0 saturated heterocycles. The van der Waals surface area contributed by atoms with Crippen LogP contribution in [0.3, 0.4) is 0 Å². The Kier molecular flexibility index (Phi) is 5.98. The quantitative estimate of drug-likeness (QED) is 0.436. The molecule has 1 aromatic rings. The maximum atomic E-state index is 11.6. The highest BCUT2D eigenvalue weighted by atomic mass is 32.2. The van der Waals surface area contributed by atoms with Gasteiger partial charge in [0.25, 0.3) is 10.1 Å². The molecular formula is C13H18O5S. The van der Waals surface area contributed by atoms with Crippen LogP contribution < -0.4 is 0 Å². The number of esters is 1. The molecule has 6 heteroatoms. The SMILES string of the molecule is CC(C)CC(=O)OCOS(=O)(=O)Cc1ccccc1. The average molecular weight is 286 g/mol. The van der Waals surface area contributed by atoms with E-state index in [-0.39, 0.29) is 18.1 Å². The first-order valence-electron chi connectivity index (χ1n) is 5.96. The van der Waals surface area contributed by atoms with Crippen molar-refractivity contribution in [3.05, 3.63) is 35.9 Å². The molecule has 106 valence electrons. The molecule has 0 bridgehead atoms. The highest BCUT2D eigenvalue weighted by molar-refractivity contribution is 7.85. The fraction of sp³-hybridized carbons (Fsp3) is 0.462. The molecule has 1 aromatic carbocycles. The van der Waals surface area contributed by atoms with Gasteiger partial charge in [-0.25, -0.2) is 4.18 Å². The van der Waals surface area contributed by atoms with E-state index in [4.69, 9.17) is 0 Å². The van der Waals surface area contributed by atoms with Crippen molar-refractivity contribution >= 4 is 16.1 Å². The van der Waals surface area contributed by atoms with Crippen LogP contribution in [0.25, 0.3) is 0 Å². The van der Waals surface area contributed by atoms with Gasteiger partial charge in [0.15, 0.2) is 0 Å². The van der Waals surface area contributed by atoms with Gasteiger partial charge >= 0.3 is 5.97 Å². The van der Waals surface area contributed by atoms with E-state index in [9.17, 15) is 13.2 Å². The lowest BCUT2D eigenvalue weighted by atomic mass is 10.1. The lowest BCUT2D eigenvalue weighted by Gasteiger charge is -2.08. The van der Waals surface area contributed by atoms with Gasteiger partial charge in [-0.05, 0) is 11.5 Å². The van der Waals surface area contributed by atoms with Gasteiger partial charge in [-0.15, -0.1) is 0 Å². The predicted molar refractivity (Wildman–Crippen MR) is 70.6 cm³/mol. The number of ether oxygens (including phenoxy) is 1. The summed E-state index contributed by atoms with van der Waals surface area (Å²) >= 11 is 0. The van der Waals surface area contributed by atoms with Crippen LogP contribution in [-0.2, 0) is 29.6 Å². The van der Waals surface area contributed by atoms with Crippen molar-refractivity contribution in [1.82, 2.24) is 0 Å². The highest BCUT2D eigenvalue weighted by Gasteiger charge is 2.14. The number of benzene rings is 1. The molecule has 0 amide bonds. The zero-order valence-electron chi connectivity index (χ0n) is 11.0. The Labute approximate surface area is 113 Å². The summed E-state index contributed by atoms with van der Waals surface area (Å²) in [6.45, 7) is 3.17. The third-order valence-corrected chi connectivity index (χ3v) is 3.35. The van der Waals surface area contributed by atoms with Crippen LogP contribution in [0.15, 0.2) is 30.3 Å². The summed E-state index contributed by atoms with van der Waals surface area (Å²) in [5.74, 6) is -0.548. The van der Waals surface area contributed by atoms with Gasteiger partial charge in [-0.2, -0.15) is 8.42 Å². The first-order chi connectivity index (χ1) is 8.89. The van der Waals surface area contributed by atoms with E-state index < -0.39 is 22.9 Å². The first-order valence-corrected chi connectivity index (χ1v) is 7.53.